The van der Waals surface area contributed by atoms with Gasteiger partial charge in [-0.1, -0.05) is 389 Å². The third kappa shape index (κ3) is 78.0. The standard InChI is InChI=1S/C84H164O17P2/c1-8-9-10-11-12-13-14-15-16-17-18-19-20-21-22-27-30-33-36-46-53-60-67-83(88)100-79(71-94-81(86)65-58-51-44-35-32-29-26-24-23-25-28-31-34-41-48-55-62-75(2)3)73-98-102(90,91)96-69-78(85)70-97-103(92,93)99-74-80(101-84(89)68-61-54-47-40-38-43-50-57-64-77(6)7)72-95-82(87)66-59-52-45-39-37-42-49-56-63-76(4)5/h75-80,85H,8-74H2,1-7H3,(H,90,91)(H,92,93)/t78-,79-,80-/m1/s1. The molecule has 3 N–H and O–H groups in total. The quantitative estimate of drug-likeness (QED) is 0.0222. The van der Waals surface area contributed by atoms with Gasteiger partial charge in [-0.05, 0) is 43.4 Å². The maximum absolute atomic E-state index is 13.1. The summed E-state index contributed by atoms with van der Waals surface area (Å²) < 4.78 is 68.8. The Morgan fingerprint density at radius 1 is 0.262 bits per heavy atom. The summed E-state index contributed by atoms with van der Waals surface area (Å²) in [4.78, 5) is 73.1. The van der Waals surface area contributed by atoms with E-state index in [0.29, 0.717) is 25.7 Å². The molecule has 0 spiro atoms. The monoisotopic (exact) mass is 1510 g/mol. The van der Waals surface area contributed by atoms with Crippen LogP contribution in [0, 0.1) is 17.8 Å². The van der Waals surface area contributed by atoms with Crippen molar-refractivity contribution in [2.24, 2.45) is 17.8 Å². The molecule has 0 aliphatic carbocycles. The Hall–Kier alpha value is -1.94. The fraction of sp³-hybridized carbons (Fsp3) is 0.952. The maximum Gasteiger partial charge on any atom is 0.472 e. The van der Waals surface area contributed by atoms with Crippen LogP contribution in [-0.2, 0) is 65.4 Å². The number of aliphatic hydroxyl groups excluding tert-OH is 1. The summed E-state index contributed by atoms with van der Waals surface area (Å²) in [5.41, 5.74) is 0. The highest BCUT2D eigenvalue weighted by Gasteiger charge is 2.30. The second kappa shape index (κ2) is 74.2. The summed E-state index contributed by atoms with van der Waals surface area (Å²) in [7, 11) is -9.92. The predicted molar refractivity (Wildman–Crippen MR) is 423 cm³/mol. The number of carbonyl (C=O) groups is 4. The minimum absolute atomic E-state index is 0.104. The van der Waals surface area contributed by atoms with Crippen LogP contribution in [0.1, 0.15) is 440 Å². The molecule has 0 rings (SSSR count). The van der Waals surface area contributed by atoms with Crippen molar-refractivity contribution in [1.29, 1.82) is 0 Å². The van der Waals surface area contributed by atoms with Gasteiger partial charge in [0.15, 0.2) is 12.2 Å². The van der Waals surface area contributed by atoms with Crippen molar-refractivity contribution in [3.63, 3.8) is 0 Å². The molecule has 0 heterocycles. The van der Waals surface area contributed by atoms with Crippen LogP contribution in [-0.4, -0.2) is 96.7 Å². The smallest absolute Gasteiger partial charge is 0.462 e. The molecule has 0 fully saturated rings. The molecule has 0 aromatic carbocycles. The van der Waals surface area contributed by atoms with Gasteiger partial charge in [-0.3, -0.25) is 37.3 Å². The molecule has 612 valence electrons. The number of hydrogen-bond donors (Lipinski definition) is 3. The van der Waals surface area contributed by atoms with Crippen LogP contribution in [0.4, 0.5) is 0 Å². The topological polar surface area (TPSA) is 237 Å². The zero-order valence-electron chi connectivity index (χ0n) is 67.8. The maximum atomic E-state index is 13.1. The van der Waals surface area contributed by atoms with E-state index in [9.17, 15) is 43.2 Å². The predicted octanol–water partition coefficient (Wildman–Crippen LogP) is 25.3. The van der Waals surface area contributed by atoms with Gasteiger partial charge >= 0.3 is 39.5 Å². The number of rotatable bonds is 82. The largest absolute Gasteiger partial charge is 0.472 e. The summed E-state index contributed by atoms with van der Waals surface area (Å²) in [5.74, 6) is 0.145. The lowest BCUT2D eigenvalue weighted by Gasteiger charge is -2.21. The normalized spacial score (nSPS) is 13.9. The van der Waals surface area contributed by atoms with Crippen molar-refractivity contribution in [2.45, 2.75) is 458 Å². The van der Waals surface area contributed by atoms with Gasteiger partial charge in [0.05, 0.1) is 26.4 Å². The number of hydrogen-bond acceptors (Lipinski definition) is 15. The van der Waals surface area contributed by atoms with E-state index >= 15 is 0 Å². The summed E-state index contributed by atoms with van der Waals surface area (Å²) in [6.07, 6.45) is 64.2. The van der Waals surface area contributed by atoms with Crippen LogP contribution in [0.15, 0.2) is 0 Å². The Bertz CT molecular complexity index is 1990. The van der Waals surface area contributed by atoms with E-state index < -0.39 is 97.5 Å². The zero-order valence-corrected chi connectivity index (χ0v) is 69.6. The number of aliphatic hydroxyl groups is 1. The highest BCUT2D eigenvalue weighted by Crippen LogP contribution is 2.45. The van der Waals surface area contributed by atoms with Crippen molar-refractivity contribution in [3.05, 3.63) is 0 Å². The lowest BCUT2D eigenvalue weighted by atomic mass is 10.0. The fourth-order valence-corrected chi connectivity index (χ4v) is 14.6. The number of phosphoric acid groups is 2. The summed E-state index contributed by atoms with van der Waals surface area (Å²) in [5, 5.41) is 10.7. The Kier molecular flexibility index (Phi) is 72.8. The first-order valence-corrected chi connectivity index (χ1v) is 46.3. The molecule has 0 aromatic rings. The molecular formula is C84H164O17P2. The SMILES string of the molecule is CCCCCCCCCCCCCCCCCCCCCCCCC(=O)O[C@H](COC(=O)CCCCCCCCCCCCCCCCCCC(C)C)COP(=O)(O)OC[C@@H](O)COP(=O)(O)OC[C@@H](COC(=O)CCCCCCCCCCC(C)C)OC(=O)CCCCCCCCCCC(C)C. The van der Waals surface area contributed by atoms with Gasteiger partial charge in [-0.25, -0.2) is 9.13 Å². The van der Waals surface area contributed by atoms with E-state index in [1.807, 2.05) is 0 Å². The van der Waals surface area contributed by atoms with Crippen LogP contribution < -0.4 is 0 Å². The van der Waals surface area contributed by atoms with Gasteiger partial charge in [-0.15, -0.1) is 0 Å². The molecule has 0 saturated heterocycles. The highest BCUT2D eigenvalue weighted by atomic mass is 31.2. The lowest BCUT2D eigenvalue weighted by molar-refractivity contribution is -0.161. The average molecular weight is 1510 g/mol. The van der Waals surface area contributed by atoms with Crippen LogP contribution in [0.3, 0.4) is 0 Å². The van der Waals surface area contributed by atoms with E-state index in [2.05, 4.69) is 48.5 Å². The van der Waals surface area contributed by atoms with Crippen molar-refractivity contribution < 1.29 is 80.2 Å². The Labute approximate surface area is 632 Å². The van der Waals surface area contributed by atoms with Crippen LogP contribution >= 0.6 is 15.6 Å². The third-order valence-corrected chi connectivity index (χ3v) is 21.5. The number of phosphoric ester groups is 2. The molecule has 19 heteroatoms. The molecule has 0 amide bonds. The van der Waals surface area contributed by atoms with Gasteiger partial charge < -0.3 is 33.8 Å². The van der Waals surface area contributed by atoms with E-state index in [0.717, 1.165) is 108 Å². The lowest BCUT2D eigenvalue weighted by Crippen LogP contribution is -2.30. The Morgan fingerprint density at radius 2 is 0.447 bits per heavy atom. The van der Waals surface area contributed by atoms with E-state index in [1.54, 1.807) is 0 Å². The van der Waals surface area contributed by atoms with E-state index in [4.69, 9.17) is 37.0 Å². The fourth-order valence-electron chi connectivity index (χ4n) is 13.0. The van der Waals surface area contributed by atoms with Gasteiger partial charge in [0.1, 0.15) is 19.3 Å². The Balaban J connectivity index is 5.20. The van der Waals surface area contributed by atoms with Crippen molar-refractivity contribution in [2.75, 3.05) is 39.6 Å². The molecule has 103 heavy (non-hydrogen) atoms. The van der Waals surface area contributed by atoms with Crippen LogP contribution in [0.5, 0.6) is 0 Å². The average Bonchev–Trinajstić information content (AvgIpc) is 0.909. The van der Waals surface area contributed by atoms with E-state index in [-0.39, 0.29) is 25.7 Å². The first-order chi connectivity index (χ1) is 49.7. The second-order valence-corrected chi connectivity index (χ2v) is 34.6. The number of esters is 4. The molecule has 2 unspecified atom stereocenters. The van der Waals surface area contributed by atoms with Gasteiger partial charge in [0, 0.05) is 25.7 Å². The highest BCUT2D eigenvalue weighted by molar-refractivity contribution is 7.47. The molecule has 0 radical (unpaired) electrons. The minimum atomic E-state index is -4.96. The van der Waals surface area contributed by atoms with Crippen LogP contribution in [0.25, 0.3) is 0 Å². The van der Waals surface area contributed by atoms with Crippen LogP contribution in [0.2, 0.25) is 0 Å². The molecular weight excluding hydrogens is 1340 g/mol. The van der Waals surface area contributed by atoms with Crippen molar-refractivity contribution >= 4 is 39.5 Å². The first kappa shape index (κ1) is 101. The first-order valence-electron chi connectivity index (χ1n) is 43.3. The Morgan fingerprint density at radius 3 is 0.660 bits per heavy atom. The molecule has 0 saturated carbocycles. The van der Waals surface area contributed by atoms with Gasteiger partial charge in [0.25, 0.3) is 0 Å². The summed E-state index contributed by atoms with van der Waals surface area (Å²) in [6.45, 7) is 11.9. The molecule has 17 nitrogen and oxygen atoms in total. The summed E-state index contributed by atoms with van der Waals surface area (Å²) >= 11 is 0. The number of carbonyl (C=O) groups excluding carboxylic acids is 4. The molecule has 0 aliphatic rings. The van der Waals surface area contributed by atoms with Gasteiger partial charge in [-0.2, -0.15) is 0 Å². The van der Waals surface area contributed by atoms with Crippen molar-refractivity contribution in [1.82, 2.24) is 0 Å². The zero-order chi connectivity index (χ0) is 75.8. The number of ether oxygens (including phenoxy) is 4. The van der Waals surface area contributed by atoms with Gasteiger partial charge in [0.2, 0.25) is 0 Å². The molecule has 0 aliphatic heterocycles. The molecule has 0 aromatic heterocycles. The minimum Gasteiger partial charge on any atom is -0.462 e. The molecule has 0 bridgehead atoms. The summed E-state index contributed by atoms with van der Waals surface area (Å²) in [6, 6.07) is 0. The van der Waals surface area contributed by atoms with E-state index in [1.165, 1.54) is 250 Å². The second-order valence-electron chi connectivity index (χ2n) is 31.6. The van der Waals surface area contributed by atoms with Crippen molar-refractivity contribution in [3.8, 4) is 0 Å². The molecule has 5 atom stereocenters. The number of unbranched alkanes of at least 4 members (excludes halogenated alkanes) is 50. The third-order valence-electron chi connectivity index (χ3n) is 19.6.